The van der Waals surface area contributed by atoms with E-state index in [1.54, 1.807) is 0 Å². The summed E-state index contributed by atoms with van der Waals surface area (Å²) in [5.74, 6) is 5.17. The molecule has 0 aliphatic rings. The summed E-state index contributed by atoms with van der Waals surface area (Å²) >= 11 is 0. The van der Waals surface area contributed by atoms with Gasteiger partial charge in [0.25, 0.3) is 0 Å². The first kappa shape index (κ1) is 27.6. The van der Waals surface area contributed by atoms with E-state index in [-0.39, 0.29) is 12.0 Å². The van der Waals surface area contributed by atoms with Gasteiger partial charge in [0.1, 0.15) is 0 Å². The quantitative estimate of drug-likeness (QED) is 0.383. The van der Waals surface area contributed by atoms with Gasteiger partial charge in [0.05, 0.1) is 12.5 Å². The summed E-state index contributed by atoms with van der Waals surface area (Å²) in [5.41, 5.74) is 4.48. The molecule has 2 aromatic carbocycles. The number of aryl methyl sites for hydroxylation is 2. The molecule has 3 N–H and O–H groups in total. The smallest absolute Gasteiger partial charge is 0.304 e. The van der Waals surface area contributed by atoms with Gasteiger partial charge in [-0.1, -0.05) is 48.2 Å². The Bertz CT molecular complexity index is 960. The largest absolute Gasteiger partial charge is 0.481 e. The van der Waals surface area contributed by atoms with E-state index in [9.17, 15) is 9.90 Å². The van der Waals surface area contributed by atoms with Crippen LogP contribution in [0.3, 0.4) is 0 Å². The Morgan fingerprint density at radius 3 is 2.59 bits per heavy atom. The fourth-order valence-electron chi connectivity index (χ4n) is 4.02. The molecule has 0 aromatic heterocycles. The number of hydrogen-bond acceptors (Lipinski definition) is 4. The molecule has 5 heteroatoms. The molecule has 0 aliphatic heterocycles. The summed E-state index contributed by atoms with van der Waals surface area (Å²) in [6.45, 7) is 8.26. The average Bonchev–Trinajstić information content (AvgIpc) is 2.75. The van der Waals surface area contributed by atoms with Gasteiger partial charge >= 0.3 is 5.97 Å². The number of rotatable bonds is 13. The van der Waals surface area contributed by atoms with E-state index >= 15 is 0 Å². The molecule has 0 fully saturated rings. The number of carboxylic acids is 1. The summed E-state index contributed by atoms with van der Waals surface area (Å²) < 4.78 is 0. The number of hydrogen-bond donors (Lipinski definition) is 3. The van der Waals surface area contributed by atoms with Gasteiger partial charge in [0, 0.05) is 37.2 Å². The third-order valence-electron chi connectivity index (χ3n) is 5.73. The van der Waals surface area contributed by atoms with Crippen molar-refractivity contribution < 1.29 is 15.0 Å². The molecule has 0 amide bonds. The first-order valence-electron chi connectivity index (χ1n) is 12.1. The first-order chi connectivity index (χ1) is 16.1. The first-order valence-corrected chi connectivity index (χ1v) is 12.1. The van der Waals surface area contributed by atoms with Crippen LogP contribution in [0.25, 0.3) is 0 Å². The van der Waals surface area contributed by atoms with Gasteiger partial charge in [-0.25, -0.2) is 0 Å². The fraction of sp³-hybridized carbons (Fsp3) is 0.483. The van der Waals surface area contributed by atoms with Crippen molar-refractivity contribution in [3.8, 4) is 11.8 Å². The van der Waals surface area contributed by atoms with Gasteiger partial charge in [0.15, 0.2) is 0 Å². The molecule has 0 heterocycles. The number of likely N-dealkylation sites (N-methyl/N-ethyl adjacent to an activating group) is 1. The van der Waals surface area contributed by atoms with E-state index in [1.165, 1.54) is 5.56 Å². The van der Waals surface area contributed by atoms with E-state index in [0.717, 1.165) is 36.0 Å². The molecule has 0 radical (unpaired) electrons. The third-order valence-corrected chi connectivity index (χ3v) is 5.73. The second-order valence-electron chi connectivity index (χ2n) is 9.86. The highest BCUT2D eigenvalue weighted by Crippen LogP contribution is 2.15. The Morgan fingerprint density at radius 2 is 1.88 bits per heavy atom. The zero-order valence-electron chi connectivity index (χ0n) is 21.1. The van der Waals surface area contributed by atoms with Crippen LogP contribution < -0.4 is 5.32 Å². The van der Waals surface area contributed by atoms with Crippen molar-refractivity contribution in [3.63, 3.8) is 0 Å². The monoisotopic (exact) mass is 464 g/mol. The highest BCUT2D eigenvalue weighted by atomic mass is 16.4. The van der Waals surface area contributed by atoms with Crippen LogP contribution in [0.15, 0.2) is 48.5 Å². The molecule has 0 spiro atoms. The minimum atomic E-state index is -0.829. The number of β-amino-alcohol motifs (C(OH)–C–C–N with tert-alkyl or cyclic N) is 1. The Labute approximate surface area is 205 Å². The number of aliphatic hydroxyl groups excluding tert-OH is 1. The topological polar surface area (TPSA) is 72.8 Å². The number of nitrogens with one attached hydrogen (secondary N) is 1. The maximum Gasteiger partial charge on any atom is 0.304 e. The Balaban J connectivity index is 1.77. The Kier molecular flexibility index (Phi) is 11.3. The lowest BCUT2D eigenvalue weighted by Crippen LogP contribution is -2.46. The number of nitrogens with zero attached hydrogens (tertiary/aromatic N) is 1. The van der Waals surface area contributed by atoms with Gasteiger partial charge < -0.3 is 15.5 Å². The van der Waals surface area contributed by atoms with E-state index in [4.69, 9.17) is 5.11 Å². The number of carbonyl (C=O) groups is 1. The lowest BCUT2D eigenvalue weighted by Gasteiger charge is -2.29. The summed E-state index contributed by atoms with van der Waals surface area (Å²) in [7, 11) is 2.01. The van der Waals surface area contributed by atoms with E-state index in [1.807, 2.05) is 32.2 Å². The molecule has 2 rings (SSSR count). The molecule has 0 unspecified atom stereocenters. The molecule has 34 heavy (non-hydrogen) atoms. The second-order valence-corrected chi connectivity index (χ2v) is 9.86. The van der Waals surface area contributed by atoms with Crippen LogP contribution >= 0.6 is 0 Å². The van der Waals surface area contributed by atoms with Crippen LogP contribution in [0.2, 0.25) is 0 Å². The van der Waals surface area contributed by atoms with Crippen LogP contribution in [0, 0.1) is 18.8 Å². The van der Waals surface area contributed by atoms with Crippen LogP contribution in [0.1, 0.15) is 61.8 Å². The van der Waals surface area contributed by atoms with Crippen LogP contribution in [0.4, 0.5) is 0 Å². The lowest BCUT2D eigenvalue weighted by molar-refractivity contribution is -0.136. The molecular weight excluding hydrogens is 424 g/mol. The SMILES string of the molecule is Cc1cc(C#CCCC(=O)O)cc(CN(C)C[C@H](O)CNC(C)(C)CCCc2ccccc2)c1. The summed E-state index contributed by atoms with van der Waals surface area (Å²) in [6.07, 6.45) is 3.17. The van der Waals surface area contributed by atoms with Crippen LogP contribution in [0.5, 0.6) is 0 Å². The highest BCUT2D eigenvalue weighted by Gasteiger charge is 2.19. The van der Waals surface area contributed by atoms with Gasteiger partial charge in [-0.2, -0.15) is 0 Å². The van der Waals surface area contributed by atoms with Gasteiger partial charge in [-0.05, 0) is 75.9 Å². The number of benzene rings is 2. The summed E-state index contributed by atoms with van der Waals surface area (Å²) in [4.78, 5) is 12.7. The minimum Gasteiger partial charge on any atom is -0.481 e. The van der Waals surface area contributed by atoms with Gasteiger partial charge in [-0.15, -0.1) is 0 Å². The molecule has 0 saturated heterocycles. The second kappa shape index (κ2) is 13.9. The molecule has 0 bridgehead atoms. The molecule has 0 aliphatic carbocycles. The van der Waals surface area contributed by atoms with Crippen molar-refractivity contribution >= 4 is 5.97 Å². The normalized spacial score (nSPS) is 12.3. The number of aliphatic hydroxyl groups is 1. The molecule has 1 atom stereocenters. The third kappa shape index (κ3) is 11.5. The van der Waals surface area contributed by atoms with Crippen molar-refractivity contribution in [2.75, 3.05) is 20.1 Å². The zero-order chi connectivity index (χ0) is 25.0. The number of carboxylic acid groups (broad SMARTS) is 1. The van der Waals surface area contributed by atoms with Gasteiger partial charge in [-0.3, -0.25) is 9.69 Å². The Morgan fingerprint density at radius 1 is 1.15 bits per heavy atom. The molecule has 5 nitrogen and oxygen atoms in total. The van der Waals surface area contributed by atoms with Crippen molar-refractivity contribution in [1.29, 1.82) is 0 Å². The molecule has 184 valence electrons. The zero-order valence-corrected chi connectivity index (χ0v) is 21.1. The summed E-state index contributed by atoms with van der Waals surface area (Å²) in [5, 5.41) is 22.9. The molecule has 2 aromatic rings. The molecular formula is C29H40N2O3. The van der Waals surface area contributed by atoms with Crippen molar-refractivity contribution in [2.45, 2.75) is 71.1 Å². The van der Waals surface area contributed by atoms with E-state index in [0.29, 0.717) is 26.1 Å². The van der Waals surface area contributed by atoms with E-state index in [2.05, 4.69) is 66.2 Å². The lowest BCUT2D eigenvalue weighted by atomic mass is 9.95. The van der Waals surface area contributed by atoms with E-state index < -0.39 is 12.1 Å². The molecule has 0 saturated carbocycles. The fourth-order valence-corrected chi connectivity index (χ4v) is 4.02. The van der Waals surface area contributed by atoms with Crippen LogP contribution in [-0.2, 0) is 17.8 Å². The predicted octanol–water partition coefficient (Wildman–Crippen LogP) is 4.40. The highest BCUT2D eigenvalue weighted by molar-refractivity contribution is 5.67. The van der Waals surface area contributed by atoms with Crippen LogP contribution in [-0.4, -0.2) is 52.9 Å². The minimum absolute atomic E-state index is 0.0287. The van der Waals surface area contributed by atoms with Gasteiger partial charge in [0.2, 0.25) is 0 Å². The number of aliphatic carboxylic acids is 1. The Hall–Kier alpha value is -2.65. The summed E-state index contributed by atoms with van der Waals surface area (Å²) in [6, 6.07) is 16.7. The maximum atomic E-state index is 10.6. The standard InChI is InChI=1S/C29H40N2O3/c1-23-17-25(13-8-9-15-28(33)34)19-26(18-23)21-31(4)22-27(32)20-30-29(2,3)16-10-14-24-11-6-5-7-12-24/h5-7,11-12,17-19,27,30,32H,9-10,14-16,20-22H2,1-4H3,(H,33,34)/t27-/m1/s1. The van der Waals surface area contributed by atoms with Crippen molar-refractivity contribution in [1.82, 2.24) is 10.2 Å². The average molecular weight is 465 g/mol. The predicted molar refractivity (Wildman–Crippen MR) is 139 cm³/mol. The van der Waals surface area contributed by atoms with Crippen molar-refractivity contribution in [3.05, 3.63) is 70.8 Å². The van der Waals surface area contributed by atoms with Crippen molar-refractivity contribution in [2.24, 2.45) is 0 Å². The maximum absolute atomic E-state index is 10.6.